The van der Waals surface area contributed by atoms with Crippen molar-refractivity contribution in [3.05, 3.63) is 42.5 Å². The first-order valence-corrected chi connectivity index (χ1v) is 8.18. The van der Waals surface area contributed by atoms with Crippen molar-refractivity contribution in [2.24, 2.45) is 5.92 Å². The molecule has 1 saturated carbocycles. The molecule has 1 heteroatoms. The largest absolute Gasteiger partial charge is 0.368 e. The summed E-state index contributed by atoms with van der Waals surface area (Å²) in [6.07, 6.45) is 8.53. The minimum atomic E-state index is 0.795. The molecule has 2 aromatic rings. The van der Waals surface area contributed by atoms with E-state index in [0.717, 1.165) is 12.0 Å². The number of nitrogens with zero attached hydrogens (tertiary/aromatic N) is 1. The van der Waals surface area contributed by atoms with Crippen LogP contribution in [0.3, 0.4) is 0 Å². The van der Waals surface area contributed by atoms with Gasteiger partial charge in [-0.2, -0.15) is 0 Å². The van der Waals surface area contributed by atoms with E-state index in [-0.39, 0.29) is 0 Å². The second-order valence-corrected chi connectivity index (χ2v) is 6.45. The van der Waals surface area contributed by atoms with E-state index in [4.69, 9.17) is 0 Å². The first kappa shape index (κ1) is 12.3. The predicted octanol–water partition coefficient (Wildman–Crippen LogP) is 5.00. The van der Waals surface area contributed by atoms with E-state index >= 15 is 0 Å². The summed E-state index contributed by atoms with van der Waals surface area (Å²) in [5.41, 5.74) is 1.47. The molecule has 0 radical (unpaired) electrons. The number of piperidine rings is 1. The van der Waals surface area contributed by atoms with Crippen LogP contribution in [-0.2, 0) is 0 Å². The summed E-state index contributed by atoms with van der Waals surface area (Å²) in [7, 11) is 0. The molecule has 104 valence electrons. The zero-order valence-electron chi connectivity index (χ0n) is 12.1. The van der Waals surface area contributed by atoms with Crippen molar-refractivity contribution in [2.45, 2.75) is 44.6 Å². The molecule has 0 N–H and O–H groups in total. The molecular formula is C19H23N. The van der Waals surface area contributed by atoms with Crippen molar-refractivity contribution >= 4 is 16.5 Å². The average Bonchev–Trinajstić information content (AvgIpc) is 2.54. The van der Waals surface area contributed by atoms with Crippen LogP contribution in [0.25, 0.3) is 10.8 Å². The Balaban J connectivity index is 1.77. The van der Waals surface area contributed by atoms with Gasteiger partial charge >= 0.3 is 0 Å². The average molecular weight is 265 g/mol. The molecule has 20 heavy (non-hydrogen) atoms. The van der Waals surface area contributed by atoms with Crippen molar-refractivity contribution in [1.82, 2.24) is 0 Å². The lowest BCUT2D eigenvalue weighted by atomic mass is 9.78. The molecule has 2 fully saturated rings. The normalized spacial score (nSPS) is 26.5. The van der Waals surface area contributed by atoms with Gasteiger partial charge in [0.1, 0.15) is 0 Å². The van der Waals surface area contributed by atoms with Crippen molar-refractivity contribution in [3.63, 3.8) is 0 Å². The molecule has 1 nitrogen and oxygen atoms in total. The summed E-state index contributed by atoms with van der Waals surface area (Å²) >= 11 is 0. The zero-order valence-corrected chi connectivity index (χ0v) is 12.1. The highest BCUT2D eigenvalue weighted by Gasteiger charge is 2.33. The Morgan fingerprint density at radius 3 is 2.60 bits per heavy atom. The maximum atomic E-state index is 2.73. The Bertz CT molecular complexity index is 596. The monoisotopic (exact) mass is 265 g/mol. The lowest BCUT2D eigenvalue weighted by Gasteiger charge is -2.45. The lowest BCUT2D eigenvalue weighted by molar-refractivity contribution is 0.244. The van der Waals surface area contributed by atoms with Gasteiger partial charge in [0.05, 0.1) is 0 Å². The number of rotatable bonds is 1. The third-order valence-corrected chi connectivity index (χ3v) is 5.32. The van der Waals surface area contributed by atoms with Crippen LogP contribution in [0.15, 0.2) is 42.5 Å². The summed E-state index contributed by atoms with van der Waals surface area (Å²) in [5, 5.41) is 2.81. The molecule has 0 spiro atoms. The summed E-state index contributed by atoms with van der Waals surface area (Å²) in [6, 6.07) is 16.4. The summed E-state index contributed by atoms with van der Waals surface area (Å²) in [4.78, 5) is 2.73. The predicted molar refractivity (Wildman–Crippen MR) is 86.3 cm³/mol. The van der Waals surface area contributed by atoms with Gasteiger partial charge < -0.3 is 4.90 Å². The molecule has 2 aliphatic rings. The highest BCUT2D eigenvalue weighted by atomic mass is 15.2. The van der Waals surface area contributed by atoms with Gasteiger partial charge in [-0.15, -0.1) is 0 Å². The van der Waals surface area contributed by atoms with Gasteiger partial charge in [-0.1, -0.05) is 49.2 Å². The second-order valence-electron chi connectivity index (χ2n) is 6.45. The van der Waals surface area contributed by atoms with Crippen LogP contribution in [0, 0.1) is 5.92 Å². The fraction of sp³-hybridized carbons (Fsp3) is 0.474. The molecule has 2 atom stereocenters. The van der Waals surface area contributed by atoms with Crippen LogP contribution in [0.4, 0.5) is 5.69 Å². The molecule has 4 rings (SSSR count). The highest BCUT2D eigenvalue weighted by Crippen LogP contribution is 2.39. The third kappa shape index (κ3) is 2.00. The van der Waals surface area contributed by atoms with Crippen LogP contribution in [-0.4, -0.2) is 12.6 Å². The van der Waals surface area contributed by atoms with E-state index in [1.165, 1.54) is 61.5 Å². The minimum Gasteiger partial charge on any atom is -0.368 e. The standard InChI is InChI=1S/C19H23N/c1-3-11-17-15(7-1)9-5-13-19(17)20-14-6-10-16-8-2-4-12-18(16)20/h1,3,5,7,9,11,13,16,18H,2,4,6,8,10,12,14H2. The van der Waals surface area contributed by atoms with Gasteiger partial charge in [-0.05, 0) is 43.1 Å². The molecule has 1 saturated heterocycles. The molecule has 2 unspecified atom stereocenters. The summed E-state index contributed by atoms with van der Waals surface area (Å²) in [5.74, 6) is 0.941. The summed E-state index contributed by atoms with van der Waals surface area (Å²) < 4.78 is 0. The van der Waals surface area contributed by atoms with E-state index in [0.29, 0.717) is 0 Å². The third-order valence-electron chi connectivity index (χ3n) is 5.32. The minimum absolute atomic E-state index is 0.795. The Hall–Kier alpha value is -1.50. The van der Waals surface area contributed by atoms with Crippen molar-refractivity contribution in [1.29, 1.82) is 0 Å². The molecule has 1 heterocycles. The quantitative estimate of drug-likeness (QED) is 0.701. The molecule has 1 aliphatic heterocycles. The van der Waals surface area contributed by atoms with Crippen molar-refractivity contribution in [3.8, 4) is 0 Å². The Kier molecular flexibility index (Phi) is 3.14. The van der Waals surface area contributed by atoms with E-state index in [2.05, 4.69) is 47.4 Å². The molecule has 2 aromatic carbocycles. The number of benzene rings is 2. The van der Waals surface area contributed by atoms with Crippen LogP contribution >= 0.6 is 0 Å². The summed E-state index contributed by atoms with van der Waals surface area (Å²) in [6.45, 7) is 1.25. The number of hydrogen-bond donors (Lipinski definition) is 0. The van der Waals surface area contributed by atoms with Crippen LogP contribution in [0.2, 0.25) is 0 Å². The van der Waals surface area contributed by atoms with Gasteiger partial charge in [0, 0.05) is 23.7 Å². The van der Waals surface area contributed by atoms with Crippen molar-refractivity contribution in [2.75, 3.05) is 11.4 Å². The first-order valence-electron chi connectivity index (χ1n) is 8.18. The first-order chi connectivity index (χ1) is 9.93. The fourth-order valence-electron chi connectivity index (χ4n) is 4.38. The van der Waals surface area contributed by atoms with Gasteiger partial charge in [-0.3, -0.25) is 0 Å². The van der Waals surface area contributed by atoms with Crippen LogP contribution in [0.1, 0.15) is 38.5 Å². The van der Waals surface area contributed by atoms with Crippen LogP contribution in [0.5, 0.6) is 0 Å². The molecule has 0 aromatic heterocycles. The number of fused-ring (bicyclic) bond motifs is 2. The number of anilines is 1. The molecule has 0 amide bonds. The topological polar surface area (TPSA) is 3.24 Å². The Morgan fingerprint density at radius 1 is 0.800 bits per heavy atom. The fourth-order valence-corrected chi connectivity index (χ4v) is 4.38. The van der Waals surface area contributed by atoms with Gasteiger partial charge in [0.25, 0.3) is 0 Å². The zero-order chi connectivity index (χ0) is 13.4. The van der Waals surface area contributed by atoms with Gasteiger partial charge in [-0.25, -0.2) is 0 Å². The van der Waals surface area contributed by atoms with E-state index in [9.17, 15) is 0 Å². The lowest BCUT2D eigenvalue weighted by Crippen LogP contribution is -2.47. The van der Waals surface area contributed by atoms with E-state index in [1.807, 2.05) is 0 Å². The van der Waals surface area contributed by atoms with Crippen molar-refractivity contribution < 1.29 is 0 Å². The van der Waals surface area contributed by atoms with E-state index in [1.54, 1.807) is 0 Å². The number of hydrogen-bond acceptors (Lipinski definition) is 1. The molecular weight excluding hydrogens is 242 g/mol. The second kappa shape index (κ2) is 5.12. The molecule has 0 bridgehead atoms. The van der Waals surface area contributed by atoms with E-state index < -0.39 is 0 Å². The molecule has 1 aliphatic carbocycles. The maximum Gasteiger partial charge on any atom is 0.0448 e. The highest BCUT2D eigenvalue weighted by molar-refractivity contribution is 5.94. The maximum absolute atomic E-state index is 2.73. The Labute approximate surface area is 121 Å². The van der Waals surface area contributed by atoms with Gasteiger partial charge in [0.2, 0.25) is 0 Å². The SMILES string of the molecule is c1ccc2c(N3CCCC4CCCCC43)cccc2c1. The van der Waals surface area contributed by atoms with Gasteiger partial charge in [0.15, 0.2) is 0 Å². The van der Waals surface area contributed by atoms with Crippen LogP contribution < -0.4 is 4.90 Å². The Morgan fingerprint density at radius 2 is 1.60 bits per heavy atom. The smallest absolute Gasteiger partial charge is 0.0448 e.